The summed E-state index contributed by atoms with van der Waals surface area (Å²) in [5.41, 5.74) is 0.376. The molecular formula is C12H9FN2O3. The van der Waals surface area contributed by atoms with Crippen LogP contribution in [0.5, 0.6) is 0 Å². The number of aromatic carboxylic acids is 1. The van der Waals surface area contributed by atoms with Crippen LogP contribution in [-0.2, 0) is 0 Å². The molecule has 2 heterocycles. The molecule has 0 radical (unpaired) electrons. The Kier molecular flexibility index (Phi) is 2.93. The second-order valence-corrected chi connectivity index (χ2v) is 3.72. The van der Waals surface area contributed by atoms with Crippen LogP contribution in [-0.4, -0.2) is 21.0 Å². The molecule has 0 amide bonds. The summed E-state index contributed by atoms with van der Waals surface area (Å²) in [6.45, 7) is 1.57. The lowest BCUT2D eigenvalue weighted by molar-refractivity contribution is 0.0695. The molecule has 6 heteroatoms. The number of nitrogens with zero attached hydrogens (tertiary/aromatic N) is 1. The van der Waals surface area contributed by atoms with Gasteiger partial charge >= 0.3 is 5.97 Å². The summed E-state index contributed by atoms with van der Waals surface area (Å²) in [7, 11) is 0. The fourth-order valence-electron chi connectivity index (χ4n) is 1.52. The average molecular weight is 248 g/mol. The molecule has 2 rings (SSSR count). The smallest absolute Gasteiger partial charge is 0.337 e. The number of aromatic amines is 1. The van der Waals surface area contributed by atoms with Crippen molar-refractivity contribution < 1.29 is 14.3 Å². The zero-order chi connectivity index (χ0) is 13.3. The third-order valence-electron chi connectivity index (χ3n) is 2.49. The highest BCUT2D eigenvalue weighted by Gasteiger charge is 2.11. The molecule has 2 N–H and O–H groups in total. The van der Waals surface area contributed by atoms with Gasteiger partial charge in [-0.3, -0.25) is 9.78 Å². The number of hydrogen-bond acceptors (Lipinski definition) is 3. The number of H-pyrrole nitrogens is 1. The van der Waals surface area contributed by atoms with Crippen molar-refractivity contribution in [2.24, 2.45) is 0 Å². The van der Waals surface area contributed by atoms with Crippen molar-refractivity contribution in [2.75, 3.05) is 0 Å². The van der Waals surface area contributed by atoms with E-state index in [1.807, 2.05) is 0 Å². The van der Waals surface area contributed by atoms with E-state index in [0.717, 1.165) is 12.3 Å². The molecule has 0 aromatic carbocycles. The highest BCUT2D eigenvalue weighted by molar-refractivity contribution is 5.90. The van der Waals surface area contributed by atoms with Crippen molar-refractivity contribution in [1.29, 1.82) is 0 Å². The van der Waals surface area contributed by atoms with Gasteiger partial charge in [-0.15, -0.1) is 0 Å². The summed E-state index contributed by atoms with van der Waals surface area (Å²) >= 11 is 0. The van der Waals surface area contributed by atoms with E-state index < -0.39 is 17.2 Å². The van der Waals surface area contributed by atoms with Gasteiger partial charge in [0, 0.05) is 24.0 Å². The van der Waals surface area contributed by atoms with Gasteiger partial charge in [-0.05, 0) is 13.0 Å². The first-order valence-corrected chi connectivity index (χ1v) is 5.07. The summed E-state index contributed by atoms with van der Waals surface area (Å²) in [4.78, 5) is 28.6. The summed E-state index contributed by atoms with van der Waals surface area (Å²) in [5, 5.41) is 8.96. The molecule has 92 valence electrons. The van der Waals surface area contributed by atoms with Crippen molar-refractivity contribution >= 4 is 5.97 Å². The first kappa shape index (κ1) is 12.0. The van der Waals surface area contributed by atoms with Crippen molar-refractivity contribution in [1.82, 2.24) is 9.97 Å². The normalized spacial score (nSPS) is 10.3. The fourth-order valence-corrected chi connectivity index (χ4v) is 1.52. The third kappa shape index (κ3) is 2.13. The van der Waals surface area contributed by atoms with Gasteiger partial charge in [0.25, 0.3) is 0 Å². The molecule has 0 unspecified atom stereocenters. The van der Waals surface area contributed by atoms with E-state index in [1.54, 1.807) is 6.92 Å². The lowest BCUT2D eigenvalue weighted by Gasteiger charge is -2.04. The van der Waals surface area contributed by atoms with Gasteiger partial charge in [-0.1, -0.05) is 0 Å². The molecule has 0 saturated heterocycles. The molecule has 0 spiro atoms. The van der Waals surface area contributed by atoms with Crippen LogP contribution < -0.4 is 5.43 Å². The van der Waals surface area contributed by atoms with E-state index >= 15 is 0 Å². The van der Waals surface area contributed by atoms with Crippen LogP contribution in [0.1, 0.15) is 16.1 Å². The van der Waals surface area contributed by atoms with Crippen LogP contribution in [0.4, 0.5) is 4.39 Å². The molecule has 2 aromatic heterocycles. The van der Waals surface area contributed by atoms with Gasteiger partial charge in [0.15, 0.2) is 5.82 Å². The van der Waals surface area contributed by atoms with Crippen molar-refractivity contribution in [3.63, 3.8) is 0 Å². The fraction of sp³-hybridized carbons (Fsp3) is 0.0833. The first-order chi connectivity index (χ1) is 8.49. The zero-order valence-corrected chi connectivity index (χ0v) is 9.40. The predicted octanol–water partition coefficient (Wildman–Crippen LogP) is 1.58. The second kappa shape index (κ2) is 4.40. The Hall–Kier alpha value is -2.50. The molecule has 2 aromatic rings. The number of halogens is 1. The number of pyridine rings is 2. The monoisotopic (exact) mass is 248 g/mol. The van der Waals surface area contributed by atoms with E-state index in [1.165, 1.54) is 12.3 Å². The summed E-state index contributed by atoms with van der Waals surface area (Å²) in [6, 6.07) is 2.45. The number of hydrogen-bond donors (Lipinski definition) is 2. The lowest BCUT2D eigenvalue weighted by atomic mass is 10.1. The van der Waals surface area contributed by atoms with Crippen LogP contribution in [0.3, 0.4) is 0 Å². The van der Waals surface area contributed by atoms with Gasteiger partial charge in [-0.25, -0.2) is 9.18 Å². The van der Waals surface area contributed by atoms with Crippen LogP contribution in [0.2, 0.25) is 0 Å². The molecule has 0 aliphatic carbocycles. The molecule has 0 fully saturated rings. The van der Waals surface area contributed by atoms with Crippen molar-refractivity contribution in [3.05, 3.63) is 51.8 Å². The van der Waals surface area contributed by atoms with E-state index in [-0.39, 0.29) is 5.56 Å². The molecular weight excluding hydrogens is 239 g/mol. The van der Waals surface area contributed by atoms with E-state index in [4.69, 9.17) is 5.11 Å². The molecule has 5 nitrogen and oxygen atoms in total. The highest BCUT2D eigenvalue weighted by atomic mass is 19.1. The Morgan fingerprint density at radius 3 is 2.78 bits per heavy atom. The predicted molar refractivity (Wildman–Crippen MR) is 61.9 cm³/mol. The maximum atomic E-state index is 12.8. The van der Waals surface area contributed by atoms with Gasteiger partial charge < -0.3 is 10.1 Å². The number of aryl methyl sites for hydroxylation is 1. The molecule has 0 saturated carbocycles. The van der Waals surface area contributed by atoms with Crippen molar-refractivity contribution in [3.8, 4) is 11.3 Å². The maximum Gasteiger partial charge on any atom is 0.337 e. The number of rotatable bonds is 2. The Bertz CT molecular complexity index is 679. The minimum atomic E-state index is -1.11. The maximum absolute atomic E-state index is 12.8. The molecule has 18 heavy (non-hydrogen) atoms. The van der Waals surface area contributed by atoms with Crippen LogP contribution in [0, 0.1) is 12.7 Å². The average Bonchev–Trinajstić information content (AvgIpc) is 2.33. The number of carbonyl (C=O) groups is 1. The molecule has 0 bridgehead atoms. The lowest BCUT2D eigenvalue weighted by Crippen LogP contribution is -2.07. The van der Waals surface area contributed by atoms with Crippen molar-refractivity contribution in [2.45, 2.75) is 6.92 Å². The number of aromatic nitrogens is 2. The Labute approximate surface area is 101 Å². The summed E-state index contributed by atoms with van der Waals surface area (Å²) in [6.07, 6.45) is 2.35. The zero-order valence-electron chi connectivity index (χ0n) is 9.40. The highest BCUT2D eigenvalue weighted by Crippen LogP contribution is 2.17. The first-order valence-electron chi connectivity index (χ1n) is 5.07. The van der Waals surface area contributed by atoms with Gasteiger partial charge in [0.05, 0.1) is 17.0 Å². The quantitative estimate of drug-likeness (QED) is 0.845. The summed E-state index contributed by atoms with van der Waals surface area (Å²) < 4.78 is 12.8. The topological polar surface area (TPSA) is 83.0 Å². The van der Waals surface area contributed by atoms with Crippen LogP contribution in [0.15, 0.2) is 29.3 Å². The number of carboxylic acid groups (broad SMARTS) is 1. The largest absolute Gasteiger partial charge is 0.478 e. The van der Waals surface area contributed by atoms with Crippen LogP contribution in [0.25, 0.3) is 11.3 Å². The Balaban J connectivity index is 2.57. The summed E-state index contributed by atoms with van der Waals surface area (Å²) in [5.74, 6) is -2.00. The SMILES string of the molecule is Cc1ncc(-c2cc(=O)c(F)c[nH]2)cc1C(=O)O. The molecule has 0 aliphatic rings. The van der Waals surface area contributed by atoms with Crippen LogP contribution >= 0.6 is 0 Å². The minimum Gasteiger partial charge on any atom is -0.478 e. The van der Waals surface area contributed by atoms with Gasteiger partial charge in [-0.2, -0.15) is 0 Å². The third-order valence-corrected chi connectivity index (χ3v) is 2.49. The number of nitrogens with one attached hydrogen (secondary N) is 1. The van der Waals surface area contributed by atoms with E-state index in [0.29, 0.717) is 17.0 Å². The molecule has 0 aliphatic heterocycles. The Morgan fingerprint density at radius 1 is 1.44 bits per heavy atom. The van der Waals surface area contributed by atoms with Gasteiger partial charge in [0.1, 0.15) is 0 Å². The van der Waals surface area contributed by atoms with E-state index in [9.17, 15) is 14.0 Å². The standard InChI is InChI=1S/C12H9FN2O3/c1-6-8(12(17)18)2-7(4-14-6)10-3-11(16)9(13)5-15-10/h2-5H,1H3,(H,15,16)(H,17,18). The minimum absolute atomic E-state index is 0.0395. The van der Waals surface area contributed by atoms with E-state index in [2.05, 4.69) is 9.97 Å². The Morgan fingerprint density at radius 2 is 2.17 bits per heavy atom. The number of carboxylic acids is 1. The second-order valence-electron chi connectivity index (χ2n) is 3.72. The molecule has 0 atom stereocenters. The van der Waals surface area contributed by atoms with Gasteiger partial charge in [0.2, 0.25) is 5.43 Å².